The normalized spacial score (nSPS) is 14.6. The summed E-state index contributed by atoms with van der Waals surface area (Å²) < 4.78 is 32.5. The van der Waals surface area contributed by atoms with Crippen molar-refractivity contribution in [3.05, 3.63) is 54.1 Å². The number of thiazole rings is 1. The first-order valence-corrected chi connectivity index (χ1v) is 9.37. The summed E-state index contributed by atoms with van der Waals surface area (Å²) in [6.45, 7) is 2.37. The van der Waals surface area contributed by atoms with Gasteiger partial charge in [0.1, 0.15) is 17.4 Å². The number of amides is 1. The van der Waals surface area contributed by atoms with Gasteiger partial charge < -0.3 is 14.5 Å². The third-order valence-corrected chi connectivity index (χ3v) is 5.50. The molecule has 1 aliphatic heterocycles. The number of benzene rings is 2. The fourth-order valence-corrected chi connectivity index (χ4v) is 3.98. The van der Waals surface area contributed by atoms with Crippen molar-refractivity contribution in [1.29, 1.82) is 0 Å². The Balaban J connectivity index is 1.32. The number of carbonyl (C=O) groups is 1. The number of carbonyl (C=O) groups excluding carboxylic acids is 1. The molecule has 0 N–H and O–H groups in total. The van der Waals surface area contributed by atoms with Gasteiger partial charge in [0.2, 0.25) is 0 Å². The highest BCUT2D eigenvalue weighted by atomic mass is 32.1. The summed E-state index contributed by atoms with van der Waals surface area (Å²) in [5.74, 6) is -0.257. The van der Waals surface area contributed by atoms with Crippen molar-refractivity contribution < 1.29 is 18.3 Å². The number of nitrogens with zero attached hydrogens (tertiary/aromatic N) is 3. The van der Waals surface area contributed by atoms with Crippen molar-refractivity contribution >= 4 is 32.6 Å². The van der Waals surface area contributed by atoms with E-state index in [1.54, 1.807) is 11.0 Å². The monoisotopic (exact) mass is 389 g/mol. The smallest absolute Gasteiger partial charge is 0.260 e. The number of fused-ring (bicyclic) bond motifs is 1. The zero-order valence-corrected chi connectivity index (χ0v) is 15.2. The summed E-state index contributed by atoms with van der Waals surface area (Å²) in [4.78, 5) is 20.7. The van der Waals surface area contributed by atoms with E-state index in [9.17, 15) is 13.6 Å². The van der Waals surface area contributed by atoms with Crippen LogP contribution in [0, 0.1) is 11.6 Å². The van der Waals surface area contributed by atoms with Crippen LogP contribution in [0.1, 0.15) is 0 Å². The lowest BCUT2D eigenvalue weighted by atomic mass is 10.3. The van der Waals surface area contributed by atoms with Crippen LogP contribution in [0.5, 0.6) is 5.75 Å². The number of halogens is 2. The average molecular weight is 389 g/mol. The first kappa shape index (κ1) is 17.7. The molecule has 1 amide bonds. The van der Waals surface area contributed by atoms with Gasteiger partial charge in [0.15, 0.2) is 11.7 Å². The second-order valence-corrected chi connectivity index (χ2v) is 7.23. The van der Waals surface area contributed by atoms with E-state index < -0.39 is 0 Å². The number of rotatable bonds is 4. The molecule has 3 aromatic rings. The molecule has 0 radical (unpaired) electrons. The van der Waals surface area contributed by atoms with Gasteiger partial charge in [-0.05, 0) is 42.5 Å². The molecule has 0 bridgehead atoms. The third kappa shape index (κ3) is 4.00. The number of hydrogen-bond donors (Lipinski definition) is 0. The van der Waals surface area contributed by atoms with E-state index in [0.29, 0.717) is 31.9 Å². The maximum Gasteiger partial charge on any atom is 0.260 e. The summed E-state index contributed by atoms with van der Waals surface area (Å²) in [6.07, 6.45) is 0. The maximum absolute atomic E-state index is 13.3. The number of aromatic nitrogens is 1. The van der Waals surface area contributed by atoms with Crippen molar-refractivity contribution in [2.75, 3.05) is 37.7 Å². The number of anilines is 1. The molecular formula is C19H17F2N3O2S. The van der Waals surface area contributed by atoms with Crippen LogP contribution in [0.3, 0.4) is 0 Å². The Labute approximate surface area is 158 Å². The molecule has 2 heterocycles. The first-order chi connectivity index (χ1) is 13.1. The predicted octanol–water partition coefficient (Wildman–Crippen LogP) is 3.30. The molecule has 4 rings (SSSR count). The molecule has 0 spiro atoms. The molecule has 0 atom stereocenters. The molecule has 0 saturated carbocycles. The lowest BCUT2D eigenvalue weighted by Gasteiger charge is -2.34. The molecule has 1 aliphatic rings. The van der Waals surface area contributed by atoms with Crippen LogP contribution >= 0.6 is 11.3 Å². The summed E-state index contributed by atoms with van der Waals surface area (Å²) in [5, 5.41) is 0.838. The fraction of sp³-hybridized carbons (Fsp3) is 0.263. The molecule has 1 fully saturated rings. The van der Waals surface area contributed by atoms with Gasteiger partial charge in [-0.1, -0.05) is 11.3 Å². The number of hydrogen-bond acceptors (Lipinski definition) is 5. The SMILES string of the molecule is O=C(COc1ccc(F)cc1)N1CCN(c2nc3ccc(F)cc3s2)CC1. The predicted molar refractivity (Wildman–Crippen MR) is 100 cm³/mol. The van der Waals surface area contributed by atoms with Gasteiger partial charge in [-0.15, -0.1) is 0 Å². The van der Waals surface area contributed by atoms with Crippen LogP contribution in [0.4, 0.5) is 13.9 Å². The fourth-order valence-electron chi connectivity index (χ4n) is 2.94. The van der Waals surface area contributed by atoms with Crippen molar-refractivity contribution in [2.45, 2.75) is 0 Å². The molecule has 1 aromatic heterocycles. The van der Waals surface area contributed by atoms with Gasteiger partial charge in [0.05, 0.1) is 10.2 Å². The van der Waals surface area contributed by atoms with E-state index >= 15 is 0 Å². The van der Waals surface area contributed by atoms with Crippen LogP contribution < -0.4 is 9.64 Å². The van der Waals surface area contributed by atoms with Crippen LogP contribution in [0.15, 0.2) is 42.5 Å². The lowest BCUT2D eigenvalue weighted by molar-refractivity contribution is -0.133. The van der Waals surface area contributed by atoms with Gasteiger partial charge in [-0.2, -0.15) is 0 Å². The van der Waals surface area contributed by atoms with Crippen LogP contribution in [-0.4, -0.2) is 48.6 Å². The van der Waals surface area contributed by atoms with Gasteiger partial charge in [0, 0.05) is 26.2 Å². The lowest BCUT2D eigenvalue weighted by Crippen LogP contribution is -2.50. The van der Waals surface area contributed by atoms with Crippen LogP contribution in [0.2, 0.25) is 0 Å². The van der Waals surface area contributed by atoms with Crippen LogP contribution in [-0.2, 0) is 4.79 Å². The van der Waals surface area contributed by atoms with Crippen molar-refractivity contribution in [3.63, 3.8) is 0 Å². The largest absolute Gasteiger partial charge is 0.484 e. The summed E-state index contributed by atoms with van der Waals surface area (Å²) >= 11 is 1.45. The van der Waals surface area contributed by atoms with Crippen molar-refractivity contribution in [3.8, 4) is 5.75 Å². The summed E-state index contributed by atoms with van der Waals surface area (Å²) in [7, 11) is 0. The van der Waals surface area contributed by atoms with Gasteiger partial charge in [-0.3, -0.25) is 4.79 Å². The molecular weight excluding hydrogens is 372 g/mol. The highest BCUT2D eigenvalue weighted by molar-refractivity contribution is 7.22. The minimum Gasteiger partial charge on any atom is -0.484 e. The number of ether oxygens (including phenoxy) is 1. The molecule has 1 saturated heterocycles. The Morgan fingerprint density at radius 3 is 2.48 bits per heavy atom. The Bertz CT molecular complexity index is 953. The van der Waals surface area contributed by atoms with Gasteiger partial charge in [-0.25, -0.2) is 13.8 Å². The maximum atomic E-state index is 13.3. The highest BCUT2D eigenvalue weighted by Gasteiger charge is 2.23. The molecule has 0 unspecified atom stereocenters. The molecule has 2 aromatic carbocycles. The Kier molecular flexibility index (Phi) is 4.89. The Morgan fingerprint density at radius 1 is 1.04 bits per heavy atom. The average Bonchev–Trinajstić information content (AvgIpc) is 3.10. The van der Waals surface area contributed by atoms with Crippen molar-refractivity contribution in [1.82, 2.24) is 9.88 Å². The van der Waals surface area contributed by atoms with E-state index in [2.05, 4.69) is 9.88 Å². The van der Waals surface area contributed by atoms with Crippen LogP contribution in [0.25, 0.3) is 10.2 Å². The van der Waals surface area contributed by atoms with E-state index in [0.717, 1.165) is 15.3 Å². The van der Waals surface area contributed by atoms with E-state index in [-0.39, 0.29) is 24.1 Å². The quantitative estimate of drug-likeness (QED) is 0.687. The Morgan fingerprint density at radius 2 is 1.74 bits per heavy atom. The standard InChI is InChI=1S/C19H17F2N3O2S/c20-13-1-4-15(5-2-13)26-12-18(25)23-7-9-24(10-8-23)19-22-16-6-3-14(21)11-17(16)27-19/h1-6,11H,7-10,12H2. The Hall–Kier alpha value is -2.74. The molecule has 5 nitrogen and oxygen atoms in total. The van der Waals surface area contributed by atoms with E-state index in [1.165, 1.54) is 47.7 Å². The first-order valence-electron chi connectivity index (χ1n) is 8.56. The summed E-state index contributed by atoms with van der Waals surface area (Å²) in [5.41, 5.74) is 0.780. The highest BCUT2D eigenvalue weighted by Crippen LogP contribution is 2.29. The second kappa shape index (κ2) is 7.48. The molecule has 140 valence electrons. The molecule has 27 heavy (non-hydrogen) atoms. The van der Waals surface area contributed by atoms with Gasteiger partial charge >= 0.3 is 0 Å². The molecule has 0 aliphatic carbocycles. The second-order valence-electron chi connectivity index (χ2n) is 6.22. The minimum absolute atomic E-state index is 0.0773. The van der Waals surface area contributed by atoms with Gasteiger partial charge in [0.25, 0.3) is 5.91 Å². The minimum atomic E-state index is -0.345. The number of piperazine rings is 1. The van der Waals surface area contributed by atoms with E-state index in [1.807, 2.05) is 0 Å². The third-order valence-electron chi connectivity index (χ3n) is 4.42. The van der Waals surface area contributed by atoms with Crippen molar-refractivity contribution in [2.24, 2.45) is 0 Å². The molecule has 8 heteroatoms. The van der Waals surface area contributed by atoms with E-state index in [4.69, 9.17) is 4.74 Å². The zero-order chi connectivity index (χ0) is 18.8. The zero-order valence-electron chi connectivity index (χ0n) is 14.4. The summed E-state index contributed by atoms with van der Waals surface area (Å²) in [6, 6.07) is 10.2. The topological polar surface area (TPSA) is 45.7 Å².